The molecule has 21 heavy (non-hydrogen) atoms. The van der Waals surface area contributed by atoms with Crippen LogP contribution in [0.15, 0.2) is 22.7 Å². The van der Waals surface area contributed by atoms with Crippen molar-refractivity contribution in [1.82, 2.24) is 5.32 Å². The van der Waals surface area contributed by atoms with Crippen molar-refractivity contribution in [2.45, 2.75) is 43.3 Å². The molecule has 0 saturated heterocycles. The molecular formula is C14H14BrClF3NO. The van der Waals surface area contributed by atoms with Crippen LogP contribution in [0, 0.1) is 0 Å². The van der Waals surface area contributed by atoms with Gasteiger partial charge < -0.3 is 5.32 Å². The second kappa shape index (κ2) is 6.57. The Bertz CT molecular complexity index is 535. The van der Waals surface area contributed by atoms with Crippen molar-refractivity contribution in [2.75, 3.05) is 0 Å². The first-order chi connectivity index (χ1) is 9.79. The van der Waals surface area contributed by atoms with Gasteiger partial charge in [0.25, 0.3) is 5.91 Å². The van der Waals surface area contributed by atoms with Crippen LogP contribution in [-0.2, 0) is 6.18 Å². The van der Waals surface area contributed by atoms with Crippen LogP contribution < -0.4 is 5.32 Å². The number of halogens is 5. The zero-order valence-corrected chi connectivity index (χ0v) is 13.4. The van der Waals surface area contributed by atoms with Gasteiger partial charge >= 0.3 is 6.18 Å². The van der Waals surface area contributed by atoms with Crippen molar-refractivity contribution in [1.29, 1.82) is 0 Å². The van der Waals surface area contributed by atoms with E-state index in [1.165, 1.54) is 12.1 Å². The maximum absolute atomic E-state index is 13.0. The highest BCUT2D eigenvalue weighted by atomic mass is 79.9. The van der Waals surface area contributed by atoms with E-state index in [0.29, 0.717) is 6.42 Å². The monoisotopic (exact) mass is 383 g/mol. The van der Waals surface area contributed by atoms with E-state index < -0.39 is 17.6 Å². The highest BCUT2D eigenvalue weighted by Gasteiger charge is 2.36. The Labute approximate surface area is 134 Å². The Kier molecular flexibility index (Phi) is 5.20. The Hall–Kier alpha value is -0.750. The lowest BCUT2D eigenvalue weighted by molar-refractivity contribution is -0.138. The predicted octanol–water partition coefficient (Wildman–Crippen LogP) is 4.75. The van der Waals surface area contributed by atoms with E-state index in [9.17, 15) is 18.0 Å². The lowest BCUT2D eigenvalue weighted by atomic mass is 9.94. The van der Waals surface area contributed by atoms with Gasteiger partial charge in [-0.05, 0) is 31.0 Å². The third kappa shape index (κ3) is 4.13. The molecule has 1 saturated carbocycles. The Morgan fingerprint density at radius 1 is 1.29 bits per heavy atom. The van der Waals surface area contributed by atoms with Crippen LogP contribution in [0.3, 0.4) is 0 Å². The van der Waals surface area contributed by atoms with Crippen LogP contribution in [0.25, 0.3) is 0 Å². The number of alkyl halides is 4. The van der Waals surface area contributed by atoms with Crippen molar-refractivity contribution in [3.63, 3.8) is 0 Å². The summed E-state index contributed by atoms with van der Waals surface area (Å²) in [5.74, 6) is -0.729. The topological polar surface area (TPSA) is 29.1 Å². The molecule has 1 aromatic rings. The van der Waals surface area contributed by atoms with Gasteiger partial charge in [-0.15, -0.1) is 11.6 Å². The number of hydrogen-bond donors (Lipinski definition) is 1. The molecule has 0 bridgehead atoms. The predicted molar refractivity (Wildman–Crippen MR) is 78.5 cm³/mol. The van der Waals surface area contributed by atoms with E-state index in [2.05, 4.69) is 21.2 Å². The molecule has 2 rings (SSSR count). The summed E-state index contributed by atoms with van der Waals surface area (Å²) in [6, 6.07) is 3.23. The average Bonchev–Trinajstić information content (AvgIpc) is 2.40. The summed E-state index contributed by atoms with van der Waals surface area (Å²) in [6.07, 6.45) is -1.23. The van der Waals surface area contributed by atoms with Gasteiger partial charge in [-0.3, -0.25) is 4.79 Å². The van der Waals surface area contributed by atoms with Gasteiger partial charge in [-0.25, -0.2) is 0 Å². The number of carbonyl (C=O) groups excluding carboxylic acids is 1. The van der Waals surface area contributed by atoms with E-state index >= 15 is 0 Å². The first-order valence-corrected chi connectivity index (χ1v) is 7.83. The molecule has 0 aromatic heterocycles. The molecule has 7 heteroatoms. The average molecular weight is 385 g/mol. The van der Waals surface area contributed by atoms with Crippen molar-refractivity contribution in [2.24, 2.45) is 0 Å². The minimum Gasteiger partial charge on any atom is -0.348 e. The molecule has 1 fully saturated rings. The summed E-state index contributed by atoms with van der Waals surface area (Å²) in [7, 11) is 0. The molecule has 2 nitrogen and oxygen atoms in total. The SMILES string of the molecule is O=C(NC1CCCCC1Cl)c1ccc(Br)cc1C(F)(F)F. The summed E-state index contributed by atoms with van der Waals surface area (Å²) in [5.41, 5.74) is -1.32. The molecule has 1 N–H and O–H groups in total. The minimum atomic E-state index is -4.58. The van der Waals surface area contributed by atoms with Gasteiger partial charge in [0.05, 0.1) is 16.5 Å². The third-order valence-electron chi connectivity index (χ3n) is 3.53. The van der Waals surface area contributed by atoms with Crippen LogP contribution in [-0.4, -0.2) is 17.3 Å². The lowest BCUT2D eigenvalue weighted by Gasteiger charge is -2.28. The zero-order chi connectivity index (χ0) is 15.6. The second-order valence-electron chi connectivity index (χ2n) is 5.07. The van der Waals surface area contributed by atoms with Crippen molar-refractivity contribution >= 4 is 33.4 Å². The second-order valence-corrected chi connectivity index (χ2v) is 6.54. The fourth-order valence-corrected chi connectivity index (χ4v) is 3.15. The van der Waals surface area contributed by atoms with Crippen molar-refractivity contribution in [3.8, 4) is 0 Å². The van der Waals surface area contributed by atoms with Crippen LogP contribution in [0.2, 0.25) is 0 Å². The Balaban J connectivity index is 2.23. The fraction of sp³-hybridized carbons (Fsp3) is 0.500. The summed E-state index contributed by atoms with van der Waals surface area (Å²) in [4.78, 5) is 12.2. The largest absolute Gasteiger partial charge is 0.417 e. The third-order valence-corrected chi connectivity index (χ3v) is 4.55. The molecular weight excluding hydrogens is 371 g/mol. The molecule has 0 spiro atoms. The molecule has 0 heterocycles. The summed E-state index contributed by atoms with van der Waals surface area (Å²) in [6.45, 7) is 0. The molecule has 0 aliphatic heterocycles. The standard InChI is InChI=1S/C14H14BrClF3NO/c15-8-5-6-9(10(7-8)14(17,18)19)13(21)20-12-4-2-1-3-11(12)16/h5-7,11-12H,1-4H2,(H,20,21). The quantitative estimate of drug-likeness (QED) is 0.733. The maximum Gasteiger partial charge on any atom is 0.417 e. The first kappa shape index (κ1) is 16.6. The first-order valence-electron chi connectivity index (χ1n) is 6.60. The number of hydrogen-bond acceptors (Lipinski definition) is 1. The molecule has 0 radical (unpaired) electrons. The summed E-state index contributed by atoms with van der Waals surface area (Å²) in [5, 5.41) is 2.40. The highest BCUT2D eigenvalue weighted by Crippen LogP contribution is 2.34. The molecule has 1 aliphatic carbocycles. The van der Waals surface area contributed by atoms with E-state index in [0.717, 1.165) is 25.3 Å². The highest BCUT2D eigenvalue weighted by molar-refractivity contribution is 9.10. The van der Waals surface area contributed by atoms with E-state index in [1.54, 1.807) is 0 Å². The van der Waals surface area contributed by atoms with Gasteiger partial charge in [0.15, 0.2) is 0 Å². The Morgan fingerprint density at radius 2 is 1.95 bits per heavy atom. The fourth-order valence-electron chi connectivity index (χ4n) is 2.44. The van der Waals surface area contributed by atoms with E-state index in [1.807, 2.05) is 0 Å². The molecule has 2 atom stereocenters. The summed E-state index contributed by atoms with van der Waals surface area (Å²) >= 11 is 9.12. The molecule has 1 aromatic carbocycles. The molecule has 116 valence electrons. The van der Waals surface area contributed by atoms with Crippen molar-refractivity contribution < 1.29 is 18.0 Å². The number of carbonyl (C=O) groups is 1. The minimum absolute atomic E-state index is 0.229. The maximum atomic E-state index is 13.0. The van der Waals surface area contributed by atoms with Gasteiger partial charge in [0.1, 0.15) is 0 Å². The van der Waals surface area contributed by atoms with Gasteiger partial charge in [0, 0.05) is 10.5 Å². The molecule has 1 amide bonds. The summed E-state index contributed by atoms with van der Waals surface area (Å²) < 4.78 is 39.3. The van der Waals surface area contributed by atoms with Crippen LogP contribution in [0.5, 0.6) is 0 Å². The Morgan fingerprint density at radius 3 is 2.57 bits per heavy atom. The smallest absolute Gasteiger partial charge is 0.348 e. The number of nitrogens with one attached hydrogen (secondary N) is 1. The van der Waals surface area contributed by atoms with Gasteiger partial charge in [-0.1, -0.05) is 28.8 Å². The zero-order valence-electron chi connectivity index (χ0n) is 11.0. The normalized spacial score (nSPS) is 22.9. The van der Waals surface area contributed by atoms with E-state index in [-0.39, 0.29) is 21.5 Å². The van der Waals surface area contributed by atoms with Gasteiger partial charge in [0.2, 0.25) is 0 Å². The van der Waals surface area contributed by atoms with Crippen LogP contribution in [0.1, 0.15) is 41.6 Å². The number of benzene rings is 1. The molecule has 2 unspecified atom stereocenters. The number of amides is 1. The van der Waals surface area contributed by atoms with Crippen LogP contribution in [0.4, 0.5) is 13.2 Å². The van der Waals surface area contributed by atoms with Gasteiger partial charge in [-0.2, -0.15) is 13.2 Å². The number of rotatable bonds is 2. The van der Waals surface area contributed by atoms with Crippen LogP contribution >= 0.6 is 27.5 Å². The molecule has 1 aliphatic rings. The van der Waals surface area contributed by atoms with Crippen molar-refractivity contribution in [3.05, 3.63) is 33.8 Å². The van der Waals surface area contributed by atoms with E-state index in [4.69, 9.17) is 11.6 Å². The lowest BCUT2D eigenvalue weighted by Crippen LogP contribution is -2.43.